The van der Waals surface area contributed by atoms with Gasteiger partial charge >= 0.3 is 21.1 Å². The van der Waals surface area contributed by atoms with Crippen molar-refractivity contribution in [2.24, 2.45) is 11.8 Å². The van der Waals surface area contributed by atoms with Gasteiger partial charge in [0.1, 0.15) is 5.82 Å². The van der Waals surface area contributed by atoms with E-state index in [0.717, 1.165) is 39.0 Å². The summed E-state index contributed by atoms with van der Waals surface area (Å²) >= 11 is 0. The summed E-state index contributed by atoms with van der Waals surface area (Å²) in [7, 11) is 0. The Hall–Kier alpha value is -3.95. The molecular weight excluding hydrogens is 808 g/mol. The summed E-state index contributed by atoms with van der Waals surface area (Å²) < 4.78 is 11.0. The van der Waals surface area contributed by atoms with E-state index in [9.17, 15) is 0 Å². The smallest absolute Gasteiger partial charge is 0.509 e. The van der Waals surface area contributed by atoms with Crippen LogP contribution < -0.4 is 4.74 Å². The van der Waals surface area contributed by atoms with Gasteiger partial charge in [-0.3, -0.25) is 4.68 Å². The molecule has 0 amide bonds. The molecule has 51 heavy (non-hydrogen) atoms. The molecule has 1 aliphatic carbocycles. The standard InChI is InChI=1S/C45H50N4O.Pt/c1-26(2)33-17-18-46-42(23-33)48-40-14-12-11-13-38(40)39-16-15-36(25-41(39)48)50-37-22-34(27(3)4)21-35(24-37)49-45(28(5)6)44(32(10)47-49)43-30(8)19-29(7)20-31(43)9;/h11-19,21-23,26-29,31,43H,20H2,1-10H3;/q-2;+2/t29-,31-,43?;/m0./s1. The number of ether oxygens (including phenoxy) is 1. The molecule has 1 aliphatic rings. The van der Waals surface area contributed by atoms with E-state index in [1.165, 1.54) is 34.4 Å². The molecule has 0 radical (unpaired) electrons. The van der Waals surface area contributed by atoms with Gasteiger partial charge < -0.3 is 9.30 Å². The van der Waals surface area contributed by atoms with Crippen molar-refractivity contribution in [2.75, 3.05) is 0 Å². The van der Waals surface area contributed by atoms with Crippen LogP contribution in [0, 0.1) is 30.9 Å². The number of rotatable bonds is 8. The zero-order chi connectivity index (χ0) is 35.4. The van der Waals surface area contributed by atoms with Crippen LogP contribution in [0.2, 0.25) is 0 Å². The number of nitrogens with zero attached hydrogens (tertiary/aromatic N) is 4. The molecule has 0 saturated carbocycles. The Morgan fingerprint density at radius 3 is 2.25 bits per heavy atom. The second kappa shape index (κ2) is 14.6. The Morgan fingerprint density at radius 2 is 1.55 bits per heavy atom. The van der Waals surface area contributed by atoms with Gasteiger partial charge in [-0.25, -0.2) is 4.98 Å². The van der Waals surface area contributed by atoms with E-state index < -0.39 is 0 Å². The number of aryl methyl sites for hydroxylation is 1. The van der Waals surface area contributed by atoms with Gasteiger partial charge in [0.2, 0.25) is 0 Å². The first kappa shape index (κ1) is 36.8. The summed E-state index contributed by atoms with van der Waals surface area (Å²) in [5.74, 6) is 4.67. The molecule has 3 heterocycles. The molecular formula is C45H50N4OPt. The van der Waals surface area contributed by atoms with Crippen LogP contribution in [0.5, 0.6) is 11.5 Å². The average molecular weight is 858 g/mol. The van der Waals surface area contributed by atoms with E-state index in [2.05, 4.69) is 151 Å². The minimum absolute atomic E-state index is 0. The van der Waals surface area contributed by atoms with Crippen molar-refractivity contribution in [3.05, 3.63) is 119 Å². The van der Waals surface area contributed by atoms with Gasteiger partial charge in [-0.15, -0.1) is 41.3 Å². The molecule has 0 aliphatic heterocycles. The summed E-state index contributed by atoms with van der Waals surface area (Å²) in [4.78, 5) is 4.82. The first-order valence-electron chi connectivity index (χ1n) is 18.4. The fourth-order valence-corrected chi connectivity index (χ4v) is 8.24. The monoisotopic (exact) mass is 857 g/mol. The molecule has 0 spiro atoms. The summed E-state index contributed by atoms with van der Waals surface area (Å²) in [6.07, 6.45) is 5.56. The Kier molecular flexibility index (Phi) is 10.5. The van der Waals surface area contributed by atoms with E-state index >= 15 is 0 Å². The number of allylic oxidation sites excluding steroid dienone is 2. The SMILES string of the molecule is CC1=C[C@H](C)C[C@H](C)C1c1c(C)nn(-c2[c-]c(Oc3[c-]c4c(cc3)c3ccccc3n4-c3cc(C(C)C)ccn3)cc(C(C)C)c2)c1C(C)C.[Pt+2]. The van der Waals surface area contributed by atoms with Crippen molar-refractivity contribution >= 4 is 21.8 Å². The van der Waals surface area contributed by atoms with Crippen molar-refractivity contribution < 1.29 is 25.8 Å². The first-order chi connectivity index (χ1) is 23.9. The molecule has 5 nitrogen and oxygen atoms in total. The maximum atomic E-state index is 6.69. The minimum atomic E-state index is 0. The molecule has 6 aromatic rings. The Bertz CT molecular complexity index is 2240. The van der Waals surface area contributed by atoms with Gasteiger partial charge in [-0.05, 0) is 84.7 Å². The number of para-hydroxylation sites is 1. The molecule has 3 atom stereocenters. The third kappa shape index (κ3) is 6.87. The molecule has 266 valence electrons. The number of fused-ring (bicyclic) bond motifs is 3. The zero-order valence-electron chi connectivity index (χ0n) is 31.6. The van der Waals surface area contributed by atoms with Gasteiger partial charge in [-0.1, -0.05) is 90.8 Å². The maximum absolute atomic E-state index is 6.69. The maximum Gasteiger partial charge on any atom is 2.00 e. The van der Waals surface area contributed by atoms with Crippen molar-refractivity contribution in [1.29, 1.82) is 0 Å². The normalized spacial score (nSPS) is 17.8. The van der Waals surface area contributed by atoms with Crippen molar-refractivity contribution in [2.45, 2.75) is 99.3 Å². The fraction of sp³-hybridized carbons (Fsp3) is 0.378. The topological polar surface area (TPSA) is 44.9 Å². The van der Waals surface area contributed by atoms with Gasteiger partial charge in [0.15, 0.2) is 0 Å². The molecule has 0 fully saturated rings. The molecule has 6 heteroatoms. The van der Waals surface area contributed by atoms with Crippen LogP contribution in [0.15, 0.2) is 78.5 Å². The second-order valence-corrected chi connectivity index (χ2v) is 15.5. The summed E-state index contributed by atoms with van der Waals surface area (Å²) in [6, 6.07) is 28.5. The van der Waals surface area contributed by atoms with Crippen LogP contribution in [0.3, 0.4) is 0 Å². The predicted octanol–water partition coefficient (Wildman–Crippen LogP) is 12.1. The first-order valence-corrected chi connectivity index (χ1v) is 18.4. The van der Waals surface area contributed by atoms with E-state index in [4.69, 9.17) is 14.8 Å². The molecule has 1 unspecified atom stereocenters. The van der Waals surface area contributed by atoms with Crippen LogP contribution in [0.1, 0.15) is 120 Å². The van der Waals surface area contributed by atoms with Crippen LogP contribution in [0.4, 0.5) is 0 Å². The van der Waals surface area contributed by atoms with E-state index in [1.54, 1.807) is 0 Å². The van der Waals surface area contributed by atoms with Crippen LogP contribution >= 0.6 is 0 Å². The predicted molar refractivity (Wildman–Crippen MR) is 206 cm³/mol. The van der Waals surface area contributed by atoms with Crippen LogP contribution in [-0.2, 0) is 21.1 Å². The van der Waals surface area contributed by atoms with Crippen molar-refractivity contribution in [3.63, 3.8) is 0 Å². The van der Waals surface area contributed by atoms with Crippen molar-refractivity contribution in [1.82, 2.24) is 19.3 Å². The summed E-state index contributed by atoms with van der Waals surface area (Å²) in [5.41, 5.74) is 10.6. The molecule has 0 saturated heterocycles. The fourth-order valence-electron chi connectivity index (χ4n) is 8.24. The largest absolute Gasteiger partial charge is 2.00 e. The van der Waals surface area contributed by atoms with E-state index in [-0.39, 0.29) is 27.0 Å². The summed E-state index contributed by atoms with van der Waals surface area (Å²) in [5, 5.41) is 7.50. The van der Waals surface area contributed by atoms with Crippen molar-refractivity contribution in [3.8, 4) is 23.0 Å². The third-order valence-corrected chi connectivity index (χ3v) is 10.5. The van der Waals surface area contributed by atoms with Crippen LogP contribution in [-0.4, -0.2) is 19.3 Å². The number of pyridine rings is 1. The van der Waals surface area contributed by atoms with E-state index in [0.29, 0.717) is 41.1 Å². The van der Waals surface area contributed by atoms with E-state index in [1.807, 2.05) is 12.3 Å². The minimum Gasteiger partial charge on any atom is -0.509 e. The summed E-state index contributed by atoms with van der Waals surface area (Å²) in [6.45, 7) is 22.6. The third-order valence-electron chi connectivity index (χ3n) is 10.5. The number of benzene rings is 3. The second-order valence-electron chi connectivity index (χ2n) is 15.5. The Morgan fingerprint density at radius 1 is 0.804 bits per heavy atom. The van der Waals surface area contributed by atoms with Gasteiger partial charge in [0.05, 0.1) is 5.69 Å². The number of hydrogen-bond acceptors (Lipinski definition) is 3. The van der Waals surface area contributed by atoms with Crippen LogP contribution in [0.25, 0.3) is 33.3 Å². The van der Waals surface area contributed by atoms with Gasteiger partial charge in [0, 0.05) is 40.4 Å². The number of hydrogen-bond donors (Lipinski definition) is 0. The molecule has 0 N–H and O–H groups in total. The van der Waals surface area contributed by atoms with Gasteiger partial charge in [-0.2, -0.15) is 11.2 Å². The average Bonchev–Trinajstić information content (AvgIpc) is 3.58. The molecule has 3 aromatic heterocycles. The molecule has 0 bridgehead atoms. The Balaban J connectivity index is 0.00000448. The van der Waals surface area contributed by atoms with Gasteiger partial charge in [0.25, 0.3) is 0 Å². The molecule has 7 rings (SSSR count). The quantitative estimate of drug-likeness (QED) is 0.113. The number of aromatic nitrogens is 4. The Labute approximate surface area is 318 Å². The molecule has 3 aromatic carbocycles. The zero-order valence-corrected chi connectivity index (χ0v) is 33.9.